The molecule has 4 heteroatoms. The largest absolute Gasteiger partial charge is 0.467 e. The summed E-state index contributed by atoms with van der Waals surface area (Å²) < 4.78 is 9.87. The van der Waals surface area contributed by atoms with E-state index >= 15 is 0 Å². The van der Waals surface area contributed by atoms with Gasteiger partial charge in [0.2, 0.25) is 0 Å². The smallest absolute Gasteiger partial charge is 0.335 e. The van der Waals surface area contributed by atoms with E-state index < -0.39 is 12.1 Å². The van der Waals surface area contributed by atoms with Crippen LogP contribution in [0.3, 0.4) is 0 Å². The zero-order valence-electron chi connectivity index (χ0n) is 9.87. The van der Waals surface area contributed by atoms with E-state index in [4.69, 9.17) is 4.74 Å². The van der Waals surface area contributed by atoms with Crippen molar-refractivity contribution >= 4 is 5.97 Å². The molecule has 4 nitrogen and oxygen atoms in total. The average Bonchev–Trinajstić information content (AvgIpc) is 2.96. The number of methoxy groups -OCH3 is 2. The minimum absolute atomic E-state index is 0.314. The van der Waals surface area contributed by atoms with Gasteiger partial charge >= 0.3 is 5.97 Å². The van der Waals surface area contributed by atoms with Crippen LogP contribution in [0, 0.1) is 5.41 Å². The second-order valence-corrected chi connectivity index (χ2v) is 4.93. The highest BCUT2D eigenvalue weighted by Crippen LogP contribution is 2.54. The molecule has 1 aliphatic carbocycles. The van der Waals surface area contributed by atoms with Gasteiger partial charge in [-0.05, 0) is 33.1 Å². The fourth-order valence-electron chi connectivity index (χ4n) is 1.99. The van der Waals surface area contributed by atoms with Crippen LogP contribution in [-0.2, 0) is 14.3 Å². The summed E-state index contributed by atoms with van der Waals surface area (Å²) in [5, 5.41) is 9.84. The summed E-state index contributed by atoms with van der Waals surface area (Å²) in [5.74, 6) is -0.542. The molecule has 88 valence electrons. The molecule has 0 heterocycles. The molecule has 1 unspecified atom stereocenters. The Morgan fingerprint density at radius 1 is 1.47 bits per heavy atom. The molecule has 0 bridgehead atoms. The van der Waals surface area contributed by atoms with E-state index in [1.807, 2.05) is 13.8 Å². The fourth-order valence-corrected chi connectivity index (χ4v) is 1.99. The Hall–Kier alpha value is -0.610. The molecule has 1 saturated carbocycles. The Kier molecular flexibility index (Phi) is 3.41. The summed E-state index contributed by atoms with van der Waals surface area (Å²) in [6.07, 6.45) is 1.37. The van der Waals surface area contributed by atoms with Crippen LogP contribution in [0.1, 0.15) is 33.1 Å². The van der Waals surface area contributed by atoms with Gasteiger partial charge < -0.3 is 14.6 Å². The lowest BCUT2D eigenvalue weighted by atomic mass is 9.86. The molecule has 0 spiro atoms. The van der Waals surface area contributed by atoms with E-state index in [9.17, 15) is 9.90 Å². The molecule has 1 fully saturated rings. The van der Waals surface area contributed by atoms with Crippen molar-refractivity contribution in [3.05, 3.63) is 0 Å². The third kappa shape index (κ3) is 2.69. The predicted molar refractivity (Wildman–Crippen MR) is 55.4 cm³/mol. The van der Waals surface area contributed by atoms with Gasteiger partial charge in [0.25, 0.3) is 0 Å². The zero-order chi connectivity index (χ0) is 11.7. The highest BCUT2D eigenvalue weighted by Gasteiger charge is 2.54. The Bertz CT molecular complexity index is 243. The van der Waals surface area contributed by atoms with Crippen LogP contribution in [-0.4, -0.2) is 37.0 Å². The number of aliphatic hydroxyl groups excluding tert-OH is 1. The lowest BCUT2D eigenvalue weighted by Crippen LogP contribution is -2.38. The van der Waals surface area contributed by atoms with Crippen LogP contribution in [0.4, 0.5) is 0 Å². The van der Waals surface area contributed by atoms with Crippen LogP contribution < -0.4 is 0 Å². The summed E-state index contributed by atoms with van der Waals surface area (Å²) in [7, 11) is 2.93. The monoisotopic (exact) mass is 216 g/mol. The SMILES string of the molecule is COC(=O)C(O)C1(CC(C)(C)OC)CC1. The van der Waals surface area contributed by atoms with Crippen molar-refractivity contribution in [3.8, 4) is 0 Å². The van der Waals surface area contributed by atoms with E-state index in [0.717, 1.165) is 12.8 Å². The minimum Gasteiger partial charge on any atom is -0.467 e. The third-order valence-corrected chi connectivity index (χ3v) is 3.23. The first kappa shape index (κ1) is 12.5. The Labute approximate surface area is 90.6 Å². The van der Waals surface area contributed by atoms with Crippen molar-refractivity contribution in [3.63, 3.8) is 0 Å². The van der Waals surface area contributed by atoms with Gasteiger partial charge in [0.1, 0.15) is 0 Å². The van der Waals surface area contributed by atoms with Crippen LogP contribution in [0.5, 0.6) is 0 Å². The molecular formula is C11H20O4. The molecule has 0 aliphatic heterocycles. The first-order chi connectivity index (χ1) is 6.87. The average molecular weight is 216 g/mol. The van der Waals surface area contributed by atoms with Gasteiger partial charge in [0, 0.05) is 12.5 Å². The third-order valence-electron chi connectivity index (χ3n) is 3.23. The predicted octanol–water partition coefficient (Wildman–Crippen LogP) is 1.12. The van der Waals surface area contributed by atoms with E-state index in [-0.39, 0.29) is 11.0 Å². The summed E-state index contributed by atoms with van der Waals surface area (Å²) in [6, 6.07) is 0. The molecule has 1 rings (SSSR count). The van der Waals surface area contributed by atoms with Crippen LogP contribution in [0.25, 0.3) is 0 Å². The maximum absolute atomic E-state index is 11.3. The first-order valence-electron chi connectivity index (χ1n) is 5.18. The van der Waals surface area contributed by atoms with Gasteiger partial charge in [-0.3, -0.25) is 0 Å². The van der Waals surface area contributed by atoms with Gasteiger partial charge in [0.15, 0.2) is 6.10 Å². The van der Waals surface area contributed by atoms with Gasteiger partial charge in [-0.1, -0.05) is 0 Å². The number of rotatable bonds is 5. The Morgan fingerprint density at radius 3 is 2.33 bits per heavy atom. The molecule has 1 aliphatic rings. The zero-order valence-corrected chi connectivity index (χ0v) is 9.87. The second-order valence-electron chi connectivity index (χ2n) is 4.93. The summed E-state index contributed by atoms with van der Waals surface area (Å²) >= 11 is 0. The van der Waals surface area contributed by atoms with Gasteiger partial charge in [-0.15, -0.1) is 0 Å². The maximum atomic E-state index is 11.3. The minimum atomic E-state index is -1.02. The molecule has 0 aromatic rings. The number of hydrogen-bond acceptors (Lipinski definition) is 4. The van der Waals surface area contributed by atoms with Crippen molar-refractivity contribution in [2.45, 2.75) is 44.8 Å². The van der Waals surface area contributed by atoms with Gasteiger partial charge in [0.05, 0.1) is 12.7 Å². The second kappa shape index (κ2) is 4.10. The van der Waals surface area contributed by atoms with Gasteiger partial charge in [-0.25, -0.2) is 4.79 Å². The molecule has 0 amide bonds. The lowest BCUT2D eigenvalue weighted by Gasteiger charge is -2.30. The van der Waals surface area contributed by atoms with E-state index in [1.165, 1.54) is 7.11 Å². The number of aliphatic hydroxyl groups is 1. The topological polar surface area (TPSA) is 55.8 Å². The molecule has 0 saturated heterocycles. The maximum Gasteiger partial charge on any atom is 0.335 e. The fraction of sp³-hybridized carbons (Fsp3) is 0.909. The number of carbonyl (C=O) groups excluding carboxylic acids is 1. The highest BCUT2D eigenvalue weighted by molar-refractivity contribution is 5.75. The number of carbonyl (C=O) groups is 1. The normalized spacial score (nSPS) is 20.9. The highest BCUT2D eigenvalue weighted by atomic mass is 16.5. The van der Waals surface area contributed by atoms with Crippen molar-refractivity contribution in [1.29, 1.82) is 0 Å². The molecule has 1 atom stereocenters. The molecule has 1 N–H and O–H groups in total. The molecule has 0 radical (unpaired) electrons. The Balaban J connectivity index is 2.64. The number of ether oxygens (including phenoxy) is 2. The van der Waals surface area contributed by atoms with Crippen LogP contribution >= 0.6 is 0 Å². The summed E-state index contributed by atoms with van der Waals surface area (Å²) in [4.78, 5) is 11.3. The van der Waals surface area contributed by atoms with Crippen molar-refractivity contribution in [1.82, 2.24) is 0 Å². The molecule has 0 aromatic carbocycles. The lowest BCUT2D eigenvalue weighted by molar-refractivity contribution is -0.156. The first-order valence-corrected chi connectivity index (χ1v) is 5.18. The van der Waals surface area contributed by atoms with E-state index in [2.05, 4.69) is 4.74 Å². The van der Waals surface area contributed by atoms with Crippen molar-refractivity contribution in [2.75, 3.05) is 14.2 Å². The quantitative estimate of drug-likeness (QED) is 0.700. The Morgan fingerprint density at radius 2 is 2.00 bits per heavy atom. The van der Waals surface area contributed by atoms with Gasteiger partial charge in [-0.2, -0.15) is 0 Å². The van der Waals surface area contributed by atoms with Crippen LogP contribution in [0.2, 0.25) is 0 Å². The molecule has 0 aromatic heterocycles. The molecular weight excluding hydrogens is 196 g/mol. The number of hydrogen-bond donors (Lipinski definition) is 1. The van der Waals surface area contributed by atoms with Crippen molar-refractivity contribution in [2.24, 2.45) is 5.41 Å². The summed E-state index contributed by atoms with van der Waals surface area (Å²) in [6.45, 7) is 3.91. The van der Waals surface area contributed by atoms with E-state index in [1.54, 1.807) is 7.11 Å². The van der Waals surface area contributed by atoms with E-state index in [0.29, 0.717) is 6.42 Å². The van der Waals surface area contributed by atoms with Crippen LogP contribution in [0.15, 0.2) is 0 Å². The molecule has 15 heavy (non-hydrogen) atoms. The van der Waals surface area contributed by atoms with Crippen molar-refractivity contribution < 1.29 is 19.4 Å². The number of esters is 1. The summed E-state index contributed by atoms with van der Waals surface area (Å²) in [5.41, 5.74) is -0.641. The standard InChI is InChI=1S/C11H20O4/c1-10(2,15-4)7-11(5-6-11)8(12)9(13)14-3/h8,12H,5-7H2,1-4H3.